The van der Waals surface area contributed by atoms with Gasteiger partial charge in [-0.3, -0.25) is 0 Å². The van der Waals surface area contributed by atoms with Crippen LogP contribution in [0, 0.1) is 0 Å². The standard InChI is InChI=1S/C12H25N3O/c1-3-5-6-7-8-9-10-11-12(14-15-13)16-4-2/h12H,3-11H2,1-2H3. The molecule has 0 rings (SSSR count). The summed E-state index contributed by atoms with van der Waals surface area (Å²) in [5.74, 6) is 0. The normalized spacial score (nSPS) is 12.1. The number of azide groups is 1. The van der Waals surface area contributed by atoms with Crippen LogP contribution < -0.4 is 0 Å². The number of hydrogen-bond acceptors (Lipinski definition) is 2. The second-order valence-electron chi connectivity index (χ2n) is 4.02. The average Bonchev–Trinajstić information content (AvgIpc) is 2.28. The molecule has 4 nitrogen and oxygen atoms in total. The van der Waals surface area contributed by atoms with Crippen molar-refractivity contribution < 1.29 is 4.74 Å². The third kappa shape index (κ3) is 9.81. The molecular formula is C12H25N3O. The first-order valence-electron chi connectivity index (χ1n) is 6.51. The summed E-state index contributed by atoms with van der Waals surface area (Å²) in [6, 6.07) is 0. The van der Waals surface area contributed by atoms with Gasteiger partial charge in [0.15, 0.2) is 0 Å². The van der Waals surface area contributed by atoms with Crippen molar-refractivity contribution in [3.63, 3.8) is 0 Å². The lowest BCUT2D eigenvalue weighted by Crippen LogP contribution is -2.08. The van der Waals surface area contributed by atoms with E-state index in [4.69, 9.17) is 10.3 Å². The Kier molecular flexibility index (Phi) is 11.8. The van der Waals surface area contributed by atoms with Gasteiger partial charge in [0.1, 0.15) is 6.23 Å². The molecule has 0 saturated carbocycles. The van der Waals surface area contributed by atoms with Gasteiger partial charge in [0.2, 0.25) is 0 Å². The summed E-state index contributed by atoms with van der Waals surface area (Å²) in [6.45, 7) is 4.76. The lowest BCUT2D eigenvalue weighted by Gasteiger charge is -2.10. The van der Waals surface area contributed by atoms with Gasteiger partial charge < -0.3 is 4.74 Å². The Balaban J connectivity index is 3.36. The van der Waals surface area contributed by atoms with Crippen LogP contribution in [-0.4, -0.2) is 12.8 Å². The lowest BCUT2D eigenvalue weighted by atomic mass is 10.1. The molecule has 0 aliphatic carbocycles. The largest absolute Gasteiger partial charge is 0.372 e. The van der Waals surface area contributed by atoms with E-state index in [1.165, 1.54) is 38.5 Å². The molecule has 4 heteroatoms. The van der Waals surface area contributed by atoms with E-state index in [2.05, 4.69) is 16.9 Å². The summed E-state index contributed by atoms with van der Waals surface area (Å²) in [4.78, 5) is 2.79. The summed E-state index contributed by atoms with van der Waals surface area (Å²) in [5.41, 5.74) is 8.34. The van der Waals surface area contributed by atoms with Crippen LogP contribution >= 0.6 is 0 Å². The maximum Gasteiger partial charge on any atom is 0.136 e. The summed E-state index contributed by atoms with van der Waals surface area (Å²) in [5, 5.41) is 3.62. The van der Waals surface area contributed by atoms with Crippen LogP contribution in [0.25, 0.3) is 10.4 Å². The smallest absolute Gasteiger partial charge is 0.136 e. The minimum absolute atomic E-state index is 0.259. The quantitative estimate of drug-likeness (QED) is 0.216. The SMILES string of the molecule is CCCCCCCCCC(N=[N+]=[N-])OCC. The van der Waals surface area contributed by atoms with Gasteiger partial charge in [0.05, 0.1) is 0 Å². The number of rotatable bonds is 11. The van der Waals surface area contributed by atoms with Gasteiger partial charge in [-0.05, 0) is 18.9 Å². The Hall–Kier alpha value is -0.730. The first-order chi connectivity index (χ1) is 7.85. The van der Waals surface area contributed by atoms with Crippen LogP contribution in [0.5, 0.6) is 0 Å². The molecule has 0 aliphatic heterocycles. The molecule has 0 radical (unpaired) electrons. The van der Waals surface area contributed by atoms with Crippen molar-refractivity contribution >= 4 is 0 Å². The lowest BCUT2D eigenvalue weighted by molar-refractivity contribution is 0.0599. The summed E-state index contributed by atoms with van der Waals surface area (Å²) in [6.07, 6.45) is 9.51. The van der Waals surface area contributed by atoms with Crippen molar-refractivity contribution in [3.8, 4) is 0 Å². The van der Waals surface area contributed by atoms with Crippen LogP contribution in [0.3, 0.4) is 0 Å². The van der Waals surface area contributed by atoms with E-state index >= 15 is 0 Å². The molecule has 0 aliphatic rings. The highest BCUT2D eigenvalue weighted by molar-refractivity contribution is 4.57. The molecule has 0 bridgehead atoms. The highest BCUT2D eigenvalue weighted by atomic mass is 16.5. The number of nitrogens with zero attached hydrogens (tertiary/aromatic N) is 3. The number of ether oxygens (including phenoxy) is 1. The second-order valence-corrected chi connectivity index (χ2v) is 4.02. The molecule has 0 aromatic carbocycles. The van der Waals surface area contributed by atoms with Crippen LogP contribution in [0.1, 0.15) is 65.2 Å². The maximum atomic E-state index is 8.34. The Bertz CT molecular complexity index is 191. The Morgan fingerprint density at radius 3 is 2.25 bits per heavy atom. The Morgan fingerprint density at radius 2 is 1.69 bits per heavy atom. The van der Waals surface area contributed by atoms with E-state index in [-0.39, 0.29) is 6.23 Å². The van der Waals surface area contributed by atoms with Crippen LogP contribution in [0.4, 0.5) is 0 Å². The third-order valence-electron chi connectivity index (χ3n) is 2.59. The van der Waals surface area contributed by atoms with Gasteiger partial charge in [0, 0.05) is 11.5 Å². The molecule has 0 N–H and O–H groups in total. The van der Waals surface area contributed by atoms with E-state index in [1.54, 1.807) is 0 Å². The number of hydrogen-bond donors (Lipinski definition) is 0. The first kappa shape index (κ1) is 15.3. The maximum absolute atomic E-state index is 8.34. The van der Waals surface area contributed by atoms with E-state index in [1.807, 2.05) is 6.92 Å². The molecule has 0 fully saturated rings. The van der Waals surface area contributed by atoms with Gasteiger partial charge in [0.25, 0.3) is 0 Å². The van der Waals surface area contributed by atoms with Gasteiger partial charge >= 0.3 is 0 Å². The highest BCUT2D eigenvalue weighted by Crippen LogP contribution is 2.11. The monoisotopic (exact) mass is 227 g/mol. The predicted molar refractivity (Wildman–Crippen MR) is 67.2 cm³/mol. The number of unbranched alkanes of at least 4 members (excludes halogenated alkanes) is 6. The fourth-order valence-electron chi connectivity index (χ4n) is 1.70. The molecule has 16 heavy (non-hydrogen) atoms. The fourth-order valence-corrected chi connectivity index (χ4v) is 1.70. The van der Waals surface area contributed by atoms with Crippen molar-refractivity contribution in [2.75, 3.05) is 6.61 Å². The van der Waals surface area contributed by atoms with Gasteiger partial charge in [-0.1, -0.05) is 57.0 Å². The van der Waals surface area contributed by atoms with E-state index < -0.39 is 0 Å². The van der Waals surface area contributed by atoms with Crippen LogP contribution in [-0.2, 0) is 4.74 Å². The Labute approximate surface area is 99.0 Å². The highest BCUT2D eigenvalue weighted by Gasteiger charge is 2.04. The molecule has 0 spiro atoms. The van der Waals surface area contributed by atoms with Crippen molar-refractivity contribution in [1.82, 2.24) is 0 Å². The molecule has 0 aromatic heterocycles. The van der Waals surface area contributed by atoms with Crippen LogP contribution in [0.15, 0.2) is 5.11 Å². The summed E-state index contributed by atoms with van der Waals surface area (Å²) in [7, 11) is 0. The summed E-state index contributed by atoms with van der Waals surface area (Å²) >= 11 is 0. The molecule has 1 atom stereocenters. The molecule has 0 heterocycles. The molecule has 0 aromatic rings. The zero-order valence-electron chi connectivity index (χ0n) is 10.7. The van der Waals surface area contributed by atoms with Gasteiger partial charge in [-0.15, -0.1) is 0 Å². The molecule has 0 saturated heterocycles. The first-order valence-corrected chi connectivity index (χ1v) is 6.51. The van der Waals surface area contributed by atoms with Gasteiger partial charge in [-0.25, -0.2) is 0 Å². The Morgan fingerprint density at radius 1 is 1.06 bits per heavy atom. The fraction of sp³-hybridized carbons (Fsp3) is 1.00. The molecule has 94 valence electrons. The molecule has 0 amide bonds. The van der Waals surface area contributed by atoms with Gasteiger partial charge in [-0.2, -0.15) is 0 Å². The zero-order valence-corrected chi connectivity index (χ0v) is 10.7. The van der Waals surface area contributed by atoms with Crippen molar-refractivity contribution in [2.24, 2.45) is 5.11 Å². The van der Waals surface area contributed by atoms with Crippen molar-refractivity contribution in [1.29, 1.82) is 0 Å². The van der Waals surface area contributed by atoms with Crippen molar-refractivity contribution in [2.45, 2.75) is 71.4 Å². The van der Waals surface area contributed by atoms with Crippen LogP contribution in [0.2, 0.25) is 0 Å². The zero-order chi connectivity index (χ0) is 12.1. The average molecular weight is 227 g/mol. The van der Waals surface area contributed by atoms with E-state index in [0.29, 0.717) is 6.61 Å². The predicted octanol–water partition coefficient (Wildman–Crippen LogP) is 4.80. The summed E-state index contributed by atoms with van der Waals surface area (Å²) < 4.78 is 5.31. The van der Waals surface area contributed by atoms with E-state index in [9.17, 15) is 0 Å². The molecular weight excluding hydrogens is 202 g/mol. The minimum Gasteiger partial charge on any atom is -0.372 e. The van der Waals surface area contributed by atoms with Crippen molar-refractivity contribution in [3.05, 3.63) is 10.4 Å². The topological polar surface area (TPSA) is 58.0 Å². The van der Waals surface area contributed by atoms with E-state index in [0.717, 1.165) is 12.8 Å². The molecule has 1 unspecified atom stereocenters. The third-order valence-corrected chi connectivity index (χ3v) is 2.59. The second kappa shape index (κ2) is 12.3. The minimum atomic E-state index is -0.259.